The maximum absolute atomic E-state index is 13.2. The smallest absolute Gasteiger partial charge is 0.231 e. The minimum atomic E-state index is -3.54. The van der Waals surface area contributed by atoms with E-state index in [0.717, 1.165) is 12.5 Å². The lowest BCUT2D eigenvalue weighted by atomic mass is 10.1. The maximum atomic E-state index is 13.2. The van der Waals surface area contributed by atoms with Crippen molar-refractivity contribution in [1.29, 1.82) is 0 Å². The van der Waals surface area contributed by atoms with Crippen molar-refractivity contribution >= 4 is 25.7 Å². The van der Waals surface area contributed by atoms with Crippen LogP contribution in [0.15, 0.2) is 59.5 Å². The largest absolute Gasteiger partial charge is 0.266 e. The van der Waals surface area contributed by atoms with Crippen molar-refractivity contribution in [1.82, 2.24) is 9.78 Å². The Morgan fingerprint density at radius 2 is 1.52 bits per heavy atom. The van der Waals surface area contributed by atoms with Crippen molar-refractivity contribution in [2.45, 2.75) is 4.90 Å². The van der Waals surface area contributed by atoms with Crippen LogP contribution in [-0.2, 0) is 19.9 Å². The second-order valence-electron chi connectivity index (χ2n) is 5.97. The van der Waals surface area contributed by atoms with E-state index in [4.69, 9.17) is 0 Å². The van der Waals surface area contributed by atoms with E-state index in [0.29, 0.717) is 16.9 Å². The molecule has 0 saturated heterocycles. The zero-order chi connectivity index (χ0) is 19.8. The average molecular weight is 409 g/mol. The van der Waals surface area contributed by atoms with E-state index >= 15 is 0 Å². The molecule has 0 aliphatic rings. The normalized spacial score (nSPS) is 12.1. The van der Waals surface area contributed by atoms with E-state index in [-0.39, 0.29) is 10.7 Å². The van der Waals surface area contributed by atoms with Gasteiger partial charge in [-0.1, -0.05) is 12.1 Å². The molecule has 0 amide bonds. The van der Waals surface area contributed by atoms with Crippen LogP contribution in [0.25, 0.3) is 16.9 Å². The number of halogens is 1. The van der Waals surface area contributed by atoms with Crippen LogP contribution in [0.1, 0.15) is 0 Å². The number of anilines is 1. The lowest BCUT2D eigenvalue weighted by Crippen LogP contribution is -2.10. The first-order valence-electron chi connectivity index (χ1n) is 7.67. The van der Waals surface area contributed by atoms with Crippen molar-refractivity contribution in [2.24, 2.45) is 0 Å². The quantitative estimate of drug-likeness (QED) is 0.698. The minimum Gasteiger partial charge on any atom is -0.266 e. The molecule has 10 heteroatoms. The van der Waals surface area contributed by atoms with Gasteiger partial charge in [-0.15, -0.1) is 5.10 Å². The van der Waals surface area contributed by atoms with Crippen LogP contribution in [0, 0.1) is 5.82 Å². The van der Waals surface area contributed by atoms with Gasteiger partial charge in [-0.2, -0.15) is 0 Å². The van der Waals surface area contributed by atoms with Crippen LogP contribution in [0.4, 0.5) is 10.2 Å². The summed E-state index contributed by atoms with van der Waals surface area (Å²) in [4.78, 5) is 0.161. The SMILES string of the molecule is CS(=O)(=O)Nc1cc(-c2ccc(S(C)(=O)=O)cc2)n(-c2ccc(F)cc2)n1. The van der Waals surface area contributed by atoms with Gasteiger partial charge in [-0.25, -0.2) is 25.9 Å². The topological polar surface area (TPSA) is 98.1 Å². The number of nitrogens with zero attached hydrogens (tertiary/aromatic N) is 2. The summed E-state index contributed by atoms with van der Waals surface area (Å²) in [6, 6.07) is 13.1. The molecule has 0 spiro atoms. The highest BCUT2D eigenvalue weighted by Crippen LogP contribution is 2.27. The van der Waals surface area contributed by atoms with Gasteiger partial charge in [0.1, 0.15) is 5.82 Å². The van der Waals surface area contributed by atoms with Crippen LogP contribution >= 0.6 is 0 Å². The van der Waals surface area contributed by atoms with Gasteiger partial charge in [-0.05, 0) is 36.4 Å². The number of aromatic nitrogens is 2. The van der Waals surface area contributed by atoms with Crippen molar-refractivity contribution in [3.05, 3.63) is 60.4 Å². The molecule has 3 aromatic rings. The van der Waals surface area contributed by atoms with Crippen molar-refractivity contribution in [3.63, 3.8) is 0 Å². The van der Waals surface area contributed by atoms with Crippen LogP contribution < -0.4 is 4.72 Å². The molecule has 0 aliphatic carbocycles. The number of hydrogen-bond donors (Lipinski definition) is 1. The van der Waals surface area contributed by atoms with Gasteiger partial charge < -0.3 is 0 Å². The third-order valence-corrected chi connectivity index (χ3v) is 5.36. The number of rotatable bonds is 5. The minimum absolute atomic E-state index is 0.0871. The summed E-state index contributed by atoms with van der Waals surface area (Å²) in [5, 5.41) is 4.23. The molecule has 0 unspecified atom stereocenters. The van der Waals surface area contributed by atoms with Gasteiger partial charge in [0, 0.05) is 17.9 Å². The van der Waals surface area contributed by atoms with Gasteiger partial charge >= 0.3 is 0 Å². The summed E-state index contributed by atoms with van der Waals surface area (Å²) in [6.45, 7) is 0. The second-order valence-corrected chi connectivity index (χ2v) is 9.74. The number of nitrogens with one attached hydrogen (secondary N) is 1. The average Bonchev–Trinajstić information content (AvgIpc) is 2.96. The third kappa shape index (κ3) is 4.52. The van der Waals surface area contributed by atoms with E-state index in [1.165, 1.54) is 47.1 Å². The Morgan fingerprint density at radius 1 is 0.926 bits per heavy atom. The fraction of sp³-hybridized carbons (Fsp3) is 0.118. The first-order chi connectivity index (χ1) is 12.5. The third-order valence-electron chi connectivity index (χ3n) is 3.65. The molecule has 0 aliphatic heterocycles. The summed E-state index contributed by atoms with van der Waals surface area (Å²) in [6.07, 6.45) is 2.11. The number of sulfone groups is 1. The van der Waals surface area contributed by atoms with Gasteiger partial charge in [-0.3, -0.25) is 4.72 Å². The van der Waals surface area contributed by atoms with Crippen molar-refractivity contribution in [3.8, 4) is 16.9 Å². The van der Waals surface area contributed by atoms with Crippen LogP contribution in [-0.4, -0.2) is 39.1 Å². The number of sulfonamides is 1. The highest BCUT2D eigenvalue weighted by atomic mass is 32.2. The fourth-order valence-corrected chi connectivity index (χ4v) is 3.59. The molecule has 2 aromatic carbocycles. The van der Waals surface area contributed by atoms with Crippen LogP contribution in [0.2, 0.25) is 0 Å². The zero-order valence-corrected chi connectivity index (χ0v) is 16.1. The van der Waals surface area contributed by atoms with Crippen LogP contribution in [0.3, 0.4) is 0 Å². The molecule has 1 N–H and O–H groups in total. The van der Waals surface area contributed by atoms with E-state index in [2.05, 4.69) is 9.82 Å². The Morgan fingerprint density at radius 3 is 2.04 bits per heavy atom. The Kier molecular flexibility index (Phi) is 4.79. The number of benzene rings is 2. The molecule has 142 valence electrons. The predicted octanol–water partition coefficient (Wildman–Crippen LogP) is 2.45. The first-order valence-corrected chi connectivity index (χ1v) is 11.5. The molecular weight excluding hydrogens is 393 g/mol. The standard InChI is InChI=1S/C17H16FN3O4S2/c1-26(22,23)15-9-3-12(4-10-15)16-11-17(20-27(2,24)25)19-21(16)14-7-5-13(18)6-8-14/h3-11H,1-2H3,(H,19,20). The van der Waals surface area contributed by atoms with E-state index in [1.807, 2.05) is 0 Å². The molecule has 1 aromatic heterocycles. The summed E-state index contributed by atoms with van der Waals surface area (Å²) in [5.41, 5.74) is 1.63. The predicted molar refractivity (Wildman–Crippen MR) is 101 cm³/mol. The molecule has 1 heterocycles. The van der Waals surface area contributed by atoms with E-state index < -0.39 is 25.7 Å². The second kappa shape index (κ2) is 6.78. The highest BCUT2D eigenvalue weighted by Gasteiger charge is 2.15. The van der Waals surface area contributed by atoms with Gasteiger partial charge in [0.15, 0.2) is 15.7 Å². The van der Waals surface area contributed by atoms with E-state index in [9.17, 15) is 21.2 Å². The fourth-order valence-electron chi connectivity index (χ4n) is 2.48. The molecule has 0 fully saturated rings. The van der Waals surface area contributed by atoms with Gasteiger partial charge in [0.05, 0.1) is 22.5 Å². The zero-order valence-electron chi connectivity index (χ0n) is 14.4. The Bertz CT molecular complexity index is 1180. The molecule has 27 heavy (non-hydrogen) atoms. The van der Waals surface area contributed by atoms with Gasteiger partial charge in [0.2, 0.25) is 10.0 Å². The first kappa shape index (κ1) is 19.1. The molecule has 0 radical (unpaired) electrons. The monoisotopic (exact) mass is 409 g/mol. The van der Waals surface area contributed by atoms with E-state index in [1.54, 1.807) is 12.1 Å². The lowest BCUT2D eigenvalue weighted by Gasteiger charge is -2.08. The van der Waals surface area contributed by atoms with Crippen molar-refractivity contribution < 1.29 is 21.2 Å². The summed E-state index contributed by atoms with van der Waals surface area (Å²) >= 11 is 0. The summed E-state index contributed by atoms with van der Waals surface area (Å²) < 4.78 is 63.3. The summed E-state index contributed by atoms with van der Waals surface area (Å²) in [7, 11) is -6.89. The lowest BCUT2D eigenvalue weighted by molar-refractivity contribution is 0.601. The van der Waals surface area contributed by atoms with Gasteiger partial charge in [0.25, 0.3) is 0 Å². The van der Waals surface area contributed by atoms with Crippen LogP contribution in [0.5, 0.6) is 0 Å². The maximum Gasteiger partial charge on any atom is 0.231 e. The molecule has 3 rings (SSSR count). The number of hydrogen-bond acceptors (Lipinski definition) is 5. The van der Waals surface area contributed by atoms with Crippen molar-refractivity contribution in [2.75, 3.05) is 17.2 Å². The summed E-state index contributed by atoms with van der Waals surface area (Å²) in [5.74, 6) is -0.330. The Labute approximate surface area is 156 Å². The Balaban J connectivity index is 2.13. The molecule has 0 bridgehead atoms. The molecular formula is C17H16FN3O4S2. The Hall–Kier alpha value is -2.72. The molecule has 7 nitrogen and oxygen atoms in total. The molecule has 0 atom stereocenters. The highest BCUT2D eigenvalue weighted by molar-refractivity contribution is 7.92. The molecule has 0 saturated carbocycles.